The third kappa shape index (κ3) is 3.05. The molecule has 0 aromatic heterocycles. The van der Waals surface area contributed by atoms with Crippen molar-refractivity contribution < 1.29 is 13.2 Å². The second-order valence-electron chi connectivity index (χ2n) is 7.11. The van der Waals surface area contributed by atoms with Crippen molar-refractivity contribution in [3.8, 4) is 0 Å². The normalized spacial score (nSPS) is 29.0. The fourth-order valence-electron chi connectivity index (χ4n) is 4.42. The van der Waals surface area contributed by atoms with Gasteiger partial charge in [-0.1, -0.05) is 25.0 Å². The van der Waals surface area contributed by atoms with Gasteiger partial charge in [0.05, 0.1) is 4.90 Å². The molecule has 1 aromatic rings. The molecule has 1 aliphatic carbocycles. The number of amidine groups is 1. The highest BCUT2D eigenvalue weighted by Gasteiger charge is 2.36. The van der Waals surface area contributed by atoms with Crippen LogP contribution in [0, 0.1) is 5.92 Å². The molecule has 1 amide bonds. The summed E-state index contributed by atoms with van der Waals surface area (Å²) in [4.78, 5) is 19.3. The third-order valence-electron chi connectivity index (χ3n) is 5.60. The van der Waals surface area contributed by atoms with Crippen LogP contribution in [0.5, 0.6) is 0 Å². The third-order valence-corrected chi connectivity index (χ3v) is 7.00. The van der Waals surface area contributed by atoms with Gasteiger partial charge in [0.2, 0.25) is 5.91 Å². The number of nitrogens with one attached hydrogen (secondary N) is 1. The van der Waals surface area contributed by atoms with Crippen LogP contribution in [0.15, 0.2) is 34.2 Å². The Labute approximate surface area is 148 Å². The van der Waals surface area contributed by atoms with Crippen molar-refractivity contribution in [2.45, 2.75) is 49.5 Å². The molecule has 25 heavy (non-hydrogen) atoms. The molecule has 2 aliphatic heterocycles. The summed E-state index contributed by atoms with van der Waals surface area (Å²) in [5.74, 6) is 0.915. The van der Waals surface area contributed by atoms with Crippen LogP contribution < -0.4 is 4.72 Å². The average molecular weight is 361 g/mol. The first kappa shape index (κ1) is 16.6. The molecule has 0 radical (unpaired) electrons. The van der Waals surface area contributed by atoms with Gasteiger partial charge in [0.1, 0.15) is 12.4 Å². The molecule has 1 aromatic carbocycles. The van der Waals surface area contributed by atoms with Crippen LogP contribution in [-0.4, -0.2) is 44.2 Å². The highest BCUT2D eigenvalue weighted by atomic mass is 32.2. The van der Waals surface area contributed by atoms with Crippen LogP contribution in [0.3, 0.4) is 0 Å². The van der Waals surface area contributed by atoms with E-state index in [2.05, 4.69) is 9.71 Å². The summed E-state index contributed by atoms with van der Waals surface area (Å²) in [6.45, 7) is 0.794. The van der Waals surface area contributed by atoms with E-state index < -0.39 is 10.0 Å². The van der Waals surface area contributed by atoms with Gasteiger partial charge < -0.3 is 4.90 Å². The summed E-state index contributed by atoms with van der Waals surface area (Å²) in [5, 5.41) is 0. The highest BCUT2D eigenvalue weighted by Crippen LogP contribution is 2.35. The predicted octanol–water partition coefficient (Wildman–Crippen LogP) is 1.91. The zero-order chi connectivity index (χ0) is 17.4. The molecule has 134 valence electrons. The van der Waals surface area contributed by atoms with E-state index in [1.807, 2.05) is 4.90 Å². The van der Waals surface area contributed by atoms with Crippen LogP contribution in [-0.2, 0) is 14.8 Å². The number of hydrogen-bond donors (Lipinski definition) is 1. The van der Waals surface area contributed by atoms with Gasteiger partial charge in [-0.05, 0) is 43.7 Å². The summed E-state index contributed by atoms with van der Waals surface area (Å²) in [7, 11) is -3.55. The van der Waals surface area contributed by atoms with E-state index in [1.54, 1.807) is 24.3 Å². The number of piperidine rings is 1. The topological polar surface area (TPSA) is 78.8 Å². The molecule has 7 heteroatoms. The summed E-state index contributed by atoms with van der Waals surface area (Å²) in [6, 6.07) is 7.08. The Hall–Kier alpha value is -1.89. The Bertz CT molecular complexity index is 817. The number of fused-ring (bicyclic) bond motifs is 2. The summed E-state index contributed by atoms with van der Waals surface area (Å²) >= 11 is 0. The molecule has 0 bridgehead atoms. The second kappa shape index (κ2) is 6.44. The van der Waals surface area contributed by atoms with Crippen molar-refractivity contribution >= 4 is 21.8 Å². The smallest absolute Gasteiger partial charge is 0.263 e. The van der Waals surface area contributed by atoms with Gasteiger partial charge in [0.15, 0.2) is 0 Å². The Balaban J connectivity index is 1.51. The van der Waals surface area contributed by atoms with Gasteiger partial charge in [0, 0.05) is 18.2 Å². The summed E-state index contributed by atoms with van der Waals surface area (Å²) < 4.78 is 26.7. The van der Waals surface area contributed by atoms with E-state index in [0.29, 0.717) is 17.5 Å². The van der Waals surface area contributed by atoms with E-state index in [4.69, 9.17) is 0 Å². The second-order valence-corrected chi connectivity index (χ2v) is 8.76. The van der Waals surface area contributed by atoms with Gasteiger partial charge in [-0.3, -0.25) is 14.5 Å². The van der Waals surface area contributed by atoms with Gasteiger partial charge in [-0.2, -0.15) is 0 Å². The maximum absolute atomic E-state index is 12.7. The van der Waals surface area contributed by atoms with Crippen molar-refractivity contribution in [3.05, 3.63) is 29.8 Å². The van der Waals surface area contributed by atoms with Crippen LogP contribution in [0.4, 0.5) is 0 Å². The molecule has 1 saturated heterocycles. The number of rotatable bonds is 2. The van der Waals surface area contributed by atoms with Crippen molar-refractivity contribution in [1.82, 2.24) is 9.62 Å². The van der Waals surface area contributed by atoms with Crippen LogP contribution in [0.1, 0.15) is 44.1 Å². The van der Waals surface area contributed by atoms with Crippen molar-refractivity contribution in [1.29, 1.82) is 0 Å². The minimum Gasteiger partial charge on any atom is -0.338 e. The van der Waals surface area contributed by atoms with E-state index >= 15 is 0 Å². The highest BCUT2D eigenvalue weighted by molar-refractivity contribution is 7.90. The molecule has 0 unspecified atom stereocenters. The fraction of sp³-hybridized carbons (Fsp3) is 0.556. The zero-order valence-corrected chi connectivity index (χ0v) is 15.0. The molecule has 4 rings (SSSR count). The Morgan fingerprint density at radius 1 is 1.16 bits per heavy atom. The number of nitrogens with zero attached hydrogens (tertiary/aromatic N) is 2. The molecule has 1 N–H and O–H groups in total. The van der Waals surface area contributed by atoms with Gasteiger partial charge in [-0.15, -0.1) is 0 Å². The molecule has 2 atom stereocenters. The predicted molar refractivity (Wildman–Crippen MR) is 94.9 cm³/mol. The number of likely N-dealkylation sites (tertiary alicyclic amines) is 1. The number of amides is 1. The first-order valence-electron chi connectivity index (χ1n) is 9.02. The summed E-state index contributed by atoms with van der Waals surface area (Å²) in [5.41, 5.74) is 0.546. The van der Waals surface area contributed by atoms with Gasteiger partial charge >= 0.3 is 0 Å². The molecule has 6 nitrogen and oxygen atoms in total. The maximum Gasteiger partial charge on any atom is 0.263 e. The van der Waals surface area contributed by atoms with Crippen molar-refractivity contribution in [2.75, 3.05) is 13.1 Å². The first-order valence-corrected chi connectivity index (χ1v) is 10.5. The van der Waals surface area contributed by atoms with Gasteiger partial charge in [0.25, 0.3) is 10.0 Å². The SMILES string of the molecule is O=C(CN=C1NS(=O)(=O)c2ccccc21)N1CCC[C@H]2CCCC[C@@H]21. The first-order chi connectivity index (χ1) is 12.1. The Morgan fingerprint density at radius 2 is 1.92 bits per heavy atom. The molecular formula is C18H23N3O3S. The van der Waals surface area contributed by atoms with E-state index in [-0.39, 0.29) is 23.2 Å². The monoisotopic (exact) mass is 361 g/mol. The zero-order valence-electron chi connectivity index (χ0n) is 14.1. The molecule has 2 heterocycles. The minimum atomic E-state index is -3.55. The minimum absolute atomic E-state index is 0.00456. The number of carbonyl (C=O) groups is 1. The van der Waals surface area contributed by atoms with Crippen LogP contribution in [0.2, 0.25) is 0 Å². The largest absolute Gasteiger partial charge is 0.338 e. The molecule has 3 aliphatic rings. The fourth-order valence-corrected chi connectivity index (χ4v) is 5.67. The van der Waals surface area contributed by atoms with E-state index in [9.17, 15) is 13.2 Å². The molecular weight excluding hydrogens is 338 g/mol. The Kier molecular flexibility index (Phi) is 4.27. The number of aliphatic imine (C=N–C) groups is 1. The van der Waals surface area contributed by atoms with Crippen molar-refractivity contribution in [3.63, 3.8) is 0 Å². The van der Waals surface area contributed by atoms with Crippen molar-refractivity contribution in [2.24, 2.45) is 10.9 Å². The lowest BCUT2D eigenvalue weighted by Gasteiger charge is -2.44. The molecule has 2 fully saturated rings. The van der Waals surface area contributed by atoms with Crippen LogP contribution in [0.25, 0.3) is 0 Å². The quantitative estimate of drug-likeness (QED) is 0.874. The lowest BCUT2D eigenvalue weighted by molar-refractivity contribution is -0.135. The average Bonchev–Trinajstić information content (AvgIpc) is 2.90. The Morgan fingerprint density at radius 3 is 2.80 bits per heavy atom. The lowest BCUT2D eigenvalue weighted by atomic mass is 9.78. The number of benzene rings is 1. The standard InChI is InChI=1S/C18H23N3O3S/c22-17(21-11-5-7-13-6-1-3-9-15(13)21)12-19-18-14-8-2-4-10-16(14)25(23,24)20-18/h2,4,8,10,13,15H,1,3,5-7,9,11-12H2,(H,19,20)/t13-,15+/m1/s1. The number of hydrogen-bond acceptors (Lipinski definition) is 4. The van der Waals surface area contributed by atoms with Crippen LogP contribution >= 0.6 is 0 Å². The van der Waals surface area contributed by atoms with E-state index in [1.165, 1.54) is 25.7 Å². The molecule has 1 saturated carbocycles. The lowest BCUT2D eigenvalue weighted by Crippen LogP contribution is -2.50. The number of sulfonamides is 1. The summed E-state index contributed by atoms with van der Waals surface area (Å²) in [6.07, 6.45) is 7.03. The maximum atomic E-state index is 12.7. The van der Waals surface area contributed by atoms with Gasteiger partial charge in [-0.25, -0.2) is 8.42 Å². The van der Waals surface area contributed by atoms with E-state index in [0.717, 1.165) is 19.4 Å². The molecule has 0 spiro atoms. The number of carbonyl (C=O) groups excluding carboxylic acids is 1.